The maximum absolute atomic E-state index is 7.52. The molecule has 0 aliphatic heterocycles. The summed E-state index contributed by atoms with van der Waals surface area (Å²) < 4.78 is 0. The van der Waals surface area contributed by atoms with Gasteiger partial charge in [-0.05, 0) is 20.6 Å². The predicted octanol–water partition coefficient (Wildman–Crippen LogP) is 1.43. The minimum atomic E-state index is 0.209. The molecule has 0 saturated heterocycles. The van der Waals surface area contributed by atoms with Gasteiger partial charge in [-0.2, -0.15) is 0 Å². The predicted molar refractivity (Wildman–Crippen MR) is 58.6 cm³/mol. The van der Waals surface area contributed by atoms with Gasteiger partial charge in [0, 0.05) is 17.9 Å². The number of aliphatic imine (C=N–C) groups is 1. The highest BCUT2D eigenvalue weighted by Crippen LogP contribution is 2.01. The Hall–Kier alpha value is -1.91. The number of hydrogen-bond acceptors (Lipinski definition) is 5. The Bertz CT molecular complexity index is 302. The average molecular weight is 194 g/mol. The summed E-state index contributed by atoms with van der Waals surface area (Å²) in [4.78, 5) is 8.17. The Balaban J connectivity index is 4.35. The molecule has 76 valence electrons. The number of hydrogen-bond donors (Lipinski definition) is 2. The molecular weight excluding hydrogens is 180 g/mol. The minimum Gasteiger partial charge on any atom is -0.383 e. The third kappa shape index (κ3) is 4.20. The summed E-state index contributed by atoms with van der Waals surface area (Å²) in [6.45, 7) is 6.67. The first kappa shape index (κ1) is 12.1. The zero-order valence-electron chi connectivity index (χ0n) is 8.32. The number of allylic oxidation sites excluding steroid dienone is 2. The summed E-state index contributed by atoms with van der Waals surface area (Å²) in [5.41, 5.74) is 6.20. The average Bonchev–Trinajstić information content (AvgIpc) is 2.21. The van der Waals surface area contributed by atoms with E-state index in [-0.39, 0.29) is 11.5 Å². The largest absolute Gasteiger partial charge is 0.383 e. The zero-order chi connectivity index (χ0) is 11.0. The first-order chi connectivity index (χ1) is 6.63. The Labute approximate surface area is 83.2 Å². The van der Waals surface area contributed by atoms with E-state index in [0.717, 1.165) is 0 Å². The highest BCUT2D eigenvalue weighted by Gasteiger charge is 1.99. The lowest BCUT2D eigenvalue weighted by atomic mass is 10.2. The van der Waals surface area contributed by atoms with Crippen LogP contribution in [0.1, 0.15) is 13.8 Å². The van der Waals surface area contributed by atoms with Gasteiger partial charge in [0.15, 0.2) is 0 Å². The van der Waals surface area contributed by atoms with Crippen molar-refractivity contribution in [3.63, 3.8) is 0 Å². The van der Waals surface area contributed by atoms with Crippen molar-refractivity contribution in [1.29, 1.82) is 5.41 Å². The van der Waals surface area contributed by atoms with Crippen molar-refractivity contribution in [3.8, 4) is 0 Å². The molecule has 0 spiro atoms. The molecule has 0 bridgehead atoms. The lowest BCUT2D eigenvalue weighted by Gasteiger charge is -1.99. The number of rotatable bonds is 5. The SMILES string of the molecule is C=N/C(N)=C(/C)C(=N)/C=C/O/N=C/C. The van der Waals surface area contributed by atoms with Gasteiger partial charge in [-0.25, -0.2) is 4.99 Å². The molecule has 0 amide bonds. The van der Waals surface area contributed by atoms with Crippen molar-refractivity contribution in [3.05, 3.63) is 23.7 Å². The summed E-state index contributed by atoms with van der Waals surface area (Å²) in [6.07, 6.45) is 4.22. The molecule has 0 saturated carbocycles. The fourth-order valence-corrected chi connectivity index (χ4v) is 0.576. The van der Waals surface area contributed by atoms with Crippen LogP contribution in [0.15, 0.2) is 33.9 Å². The van der Waals surface area contributed by atoms with E-state index in [1.165, 1.54) is 18.6 Å². The minimum absolute atomic E-state index is 0.209. The van der Waals surface area contributed by atoms with Crippen LogP contribution in [0.25, 0.3) is 0 Å². The van der Waals surface area contributed by atoms with Crippen LogP contribution < -0.4 is 5.73 Å². The number of nitrogens with one attached hydrogen (secondary N) is 1. The van der Waals surface area contributed by atoms with E-state index in [4.69, 9.17) is 11.1 Å². The van der Waals surface area contributed by atoms with Crippen LogP contribution in [0.4, 0.5) is 0 Å². The molecule has 5 nitrogen and oxygen atoms in total. The smallest absolute Gasteiger partial charge is 0.127 e. The van der Waals surface area contributed by atoms with Gasteiger partial charge in [0.05, 0.1) is 5.71 Å². The van der Waals surface area contributed by atoms with Gasteiger partial charge in [0.2, 0.25) is 0 Å². The molecule has 0 rings (SSSR count). The number of nitrogens with zero attached hydrogens (tertiary/aromatic N) is 2. The van der Waals surface area contributed by atoms with Gasteiger partial charge in [0.1, 0.15) is 12.1 Å². The molecule has 0 aromatic heterocycles. The van der Waals surface area contributed by atoms with E-state index in [2.05, 4.69) is 21.7 Å². The third-order valence-corrected chi connectivity index (χ3v) is 1.42. The van der Waals surface area contributed by atoms with E-state index >= 15 is 0 Å². The van der Waals surface area contributed by atoms with Crippen LogP contribution >= 0.6 is 0 Å². The maximum Gasteiger partial charge on any atom is 0.127 e. The highest BCUT2D eigenvalue weighted by atomic mass is 16.6. The monoisotopic (exact) mass is 194 g/mol. The van der Waals surface area contributed by atoms with Crippen molar-refractivity contribution < 1.29 is 4.84 Å². The van der Waals surface area contributed by atoms with Crippen LogP contribution in [-0.4, -0.2) is 18.6 Å². The van der Waals surface area contributed by atoms with E-state index < -0.39 is 0 Å². The molecule has 0 unspecified atom stereocenters. The van der Waals surface area contributed by atoms with Crippen LogP contribution in [0.3, 0.4) is 0 Å². The van der Waals surface area contributed by atoms with Crippen molar-refractivity contribution in [2.75, 3.05) is 0 Å². The van der Waals surface area contributed by atoms with Crippen molar-refractivity contribution in [1.82, 2.24) is 0 Å². The van der Waals surface area contributed by atoms with E-state index in [1.54, 1.807) is 13.8 Å². The summed E-state index contributed by atoms with van der Waals surface area (Å²) in [7, 11) is 0. The highest BCUT2D eigenvalue weighted by molar-refractivity contribution is 6.06. The molecule has 5 heteroatoms. The molecule has 0 heterocycles. The molecule has 0 aliphatic carbocycles. The molecule has 14 heavy (non-hydrogen) atoms. The van der Waals surface area contributed by atoms with Gasteiger partial charge in [-0.1, -0.05) is 5.16 Å². The second-order valence-electron chi connectivity index (χ2n) is 2.35. The van der Waals surface area contributed by atoms with Crippen molar-refractivity contribution >= 4 is 18.6 Å². The van der Waals surface area contributed by atoms with Gasteiger partial charge < -0.3 is 16.0 Å². The van der Waals surface area contributed by atoms with Gasteiger partial charge in [0.25, 0.3) is 0 Å². The second-order valence-corrected chi connectivity index (χ2v) is 2.35. The molecule has 0 atom stereocenters. The molecule has 3 N–H and O–H groups in total. The summed E-state index contributed by atoms with van der Waals surface area (Å²) >= 11 is 0. The summed E-state index contributed by atoms with van der Waals surface area (Å²) in [6, 6.07) is 0. The first-order valence-corrected chi connectivity index (χ1v) is 3.95. The first-order valence-electron chi connectivity index (χ1n) is 3.95. The Morgan fingerprint density at radius 2 is 2.21 bits per heavy atom. The Morgan fingerprint density at radius 3 is 2.71 bits per heavy atom. The standard InChI is InChI=1S/C9H14N4O/c1-4-13-14-6-5-8(10)7(2)9(11)12-3/h4-6,10H,3,11H2,1-2H3/b6-5+,9-7-,10-8?,13-4+. The van der Waals surface area contributed by atoms with Crippen LogP contribution in [0.5, 0.6) is 0 Å². The van der Waals surface area contributed by atoms with E-state index in [0.29, 0.717) is 5.57 Å². The lowest BCUT2D eigenvalue weighted by molar-refractivity contribution is 0.270. The van der Waals surface area contributed by atoms with Crippen LogP contribution in [-0.2, 0) is 4.84 Å². The molecule has 0 aromatic carbocycles. The summed E-state index contributed by atoms with van der Waals surface area (Å²) in [5, 5.41) is 11.0. The van der Waals surface area contributed by atoms with Gasteiger partial charge in [-0.3, -0.25) is 0 Å². The van der Waals surface area contributed by atoms with Crippen LogP contribution in [0.2, 0.25) is 0 Å². The van der Waals surface area contributed by atoms with Crippen LogP contribution in [0, 0.1) is 5.41 Å². The topological polar surface area (TPSA) is 83.8 Å². The quantitative estimate of drug-likeness (QED) is 0.394. The molecule has 0 radical (unpaired) electrons. The fraction of sp³-hybridized carbons (Fsp3) is 0.222. The van der Waals surface area contributed by atoms with E-state index in [9.17, 15) is 0 Å². The Kier molecular flexibility index (Phi) is 5.69. The maximum atomic E-state index is 7.52. The van der Waals surface area contributed by atoms with Crippen molar-refractivity contribution in [2.24, 2.45) is 15.9 Å². The Morgan fingerprint density at radius 1 is 1.57 bits per heavy atom. The lowest BCUT2D eigenvalue weighted by Crippen LogP contribution is -2.04. The van der Waals surface area contributed by atoms with Crippen molar-refractivity contribution in [2.45, 2.75) is 13.8 Å². The molecule has 0 aromatic rings. The molecular formula is C9H14N4O. The third-order valence-electron chi connectivity index (χ3n) is 1.42. The second kappa shape index (κ2) is 6.59. The van der Waals surface area contributed by atoms with Gasteiger partial charge in [-0.15, -0.1) is 0 Å². The molecule has 0 aliphatic rings. The number of nitrogens with two attached hydrogens (primary N) is 1. The fourth-order valence-electron chi connectivity index (χ4n) is 0.576. The molecule has 0 fully saturated rings. The number of oxime groups is 1. The van der Waals surface area contributed by atoms with E-state index in [1.807, 2.05) is 0 Å². The normalized spacial score (nSPS) is 13.0. The zero-order valence-corrected chi connectivity index (χ0v) is 8.32. The summed E-state index contributed by atoms with van der Waals surface area (Å²) in [5.74, 6) is 0.235. The van der Waals surface area contributed by atoms with Gasteiger partial charge >= 0.3 is 0 Å².